The van der Waals surface area contributed by atoms with E-state index in [1.54, 1.807) is 6.07 Å². The summed E-state index contributed by atoms with van der Waals surface area (Å²) in [6, 6.07) is 9.05. The van der Waals surface area contributed by atoms with Crippen molar-refractivity contribution in [2.24, 2.45) is 0 Å². The third kappa shape index (κ3) is 3.88. The van der Waals surface area contributed by atoms with Gasteiger partial charge in [0.25, 0.3) is 11.1 Å². The number of carbonyl (C=O) groups excluding carboxylic acids is 4. The van der Waals surface area contributed by atoms with Crippen LogP contribution in [0.4, 0.5) is 4.79 Å². The Morgan fingerprint density at radius 3 is 2.81 bits per heavy atom. The molecule has 2 N–H and O–H groups in total. The Hall–Kier alpha value is -2.81. The average Bonchev–Trinajstić information content (AvgIpc) is 3.19. The summed E-state index contributed by atoms with van der Waals surface area (Å²) in [6.07, 6.45) is -1.01. The fourth-order valence-corrected chi connectivity index (χ4v) is 3.24. The maximum atomic E-state index is 12.2. The first-order valence-corrected chi connectivity index (χ1v) is 8.98. The van der Waals surface area contributed by atoms with Crippen LogP contribution in [0.2, 0.25) is 0 Å². The molecule has 1 aromatic heterocycles. The smallest absolute Gasteiger partial charge is 0.355 e. The molecule has 1 aliphatic rings. The standard InChI is InChI=1S/C17H17N3O5S/c1-10(15(22)18-6-7-20-14(21)9-26-17(20)24)25-16(23)13-8-11-4-2-3-5-12(11)19-13/h2-5,8,10,19H,6-7,9H2,1H3,(H,18,22)/t10-/m1/s1. The van der Waals surface area contributed by atoms with Crippen molar-refractivity contribution in [2.45, 2.75) is 13.0 Å². The number of thioether (sulfide) groups is 1. The highest BCUT2D eigenvalue weighted by atomic mass is 32.2. The van der Waals surface area contributed by atoms with E-state index in [0.29, 0.717) is 0 Å². The molecule has 1 fully saturated rings. The first-order chi connectivity index (χ1) is 12.5. The molecule has 0 aliphatic carbocycles. The molecule has 0 bridgehead atoms. The summed E-state index contributed by atoms with van der Waals surface area (Å²) in [5.74, 6) is -1.27. The first kappa shape index (κ1) is 18.0. The Kier molecular flexibility index (Phi) is 5.27. The summed E-state index contributed by atoms with van der Waals surface area (Å²) in [6.45, 7) is 1.65. The van der Waals surface area contributed by atoms with Crippen molar-refractivity contribution in [3.63, 3.8) is 0 Å². The van der Waals surface area contributed by atoms with E-state index in [1.807, 2.05) is 24.3 Å². The quantitative estimate of drug-likeness (QED) is 0.741. The SMILES string of the molecule is C[C@@H](OC(=O)c1cc2ccccc2[nH]1)C(=O)NCCN1C(=O)CSC1=O. The molecule has 2 aromatic rings. The number of rotatable bonds is 6. The second-order valence-corrected chi connectivity index (χ2v) is 6.64. The van der Waals surface area contributed by atoms with Crippen LogP contribution in [0.15, 0.2) is 30.3 Å². The van der Waals surface area contributed by atoms with E-state index >= 15 is 0 Å². The van der Waals surface area contributed by atoms with Gasteiger partial charge in [0.1, 0.15) is 5.69 Å². The maximum absolute atomic E-state index is 12.2. The van der Waals surface area contributed by atoms with Gasteiger partial charge < -0.3 is 15.0 Å². The van der Waals surface area contributed by atoms with E-state index in [1.165, 1.54) is 6.92 Å². The molecule has 1 atom stereocenters. The van der Waals surface area contributed by atoms with Crippen LogP contribution in [0.25, 0.3) is 10.9 Å². The molecule has 1 saturated heterocycles. The number of amides is 3. The minimum atomic E-state index is -1.01. The average molecular weight is 375 g/mol. The number of benzene rings is 1. The summed E-state index contributed by atoms with van der Waals surface area (Å²) in [4.78, 5) is 51.1. The molecule has 3 rings (SSSR count). The molecule has 0 spiro atoms. The van der Waals surface area contributed by atoms with Crippen LogP contribution in [0.1, 0.15) is 17.4 Å². The highest BCUT2D eigenvalue weighted by Crippen LogP contribution is 2.18. The summed E-state index contributed by atoms with van der Waals surface area (Å²) in [5, 5.41) is 3.10. The van der Waals surface area contributed by atoms with E-state index < -0.39 is 18.0 Å². The Morgan fingerprint density at radius 2 is 2.12 bits per heavy atom. The number of aromatic nitrogens is 1. The van der Waals surface area contributed by atoms with E-state index in [-0.39, 0.29) is 35.7 Å². The van der Waals surface area contributed by atoms with Crippen molar-refractivity contribution >= 4 is 45.7 Å². The van der Waals surface area contributed by atoms with Crippen molar-refractivity contribution in [2.75, 3.05) is 18.8 Å². The van der Waals surface area contributed by atoms with Gasteiger partial charge in [0.2, 0.25) is 5.91 Å². The molecule has 3 amide bonds. The van der Waals surface area contributed by atoms with Gasteiger partial charge in [-0.1, -0.05) is 30.0 Å². The van der Waals surface area contributed by atoms with Gasteiger partial charge in [0, 0.05) is 24.0 Å². The summed E-state index contributed by atoms with van der Waals surface area (Å²) >= 11 is 0.938. The summed E-state index contributed by atoms with van der Waals surface area (Å²) in [5.41, 5.74) is 1.06. The predicted octanol–water partition coefficient (Wildman–Crippen LogP) is 1.52. The predicted molar refractivity (Wildman–Crippen MR) is 95.8 cm³/mol. The lowest BCUT2D eigenvalue weighted by molar-refractivity contribution is -0.130. The van der Waals surface area contributed by atoms with Crippen LogP contribution >= 0.6 is 11.8 Å². The van der Waals surface area contributed by atoms with Gasteiger partial charge in [-0.25, -0.2) is 4.79 Å². The van der Waals surface area contributed by atoms with E-state index in [4.69, 9.17) is 4.74 Å². The van der Waals surface area contributed by atoms with E-state index in [2.05, 4.69) is 10.3 Å². The van der Waals surface area contributed by atoms with E-state index in [0.717, 1.165) is 27.6 Å². The lowest BCUT2D eigenvalue weighted by Gasteiger charge is -2.15. The van der Waals surface area contributed by atoms with Crippen molar-refractivity contribution in [1.82, 2.24) is 15.2 Å². The molecule has 0 unspecified atom stereocenters. The summed E-state index contributed by atoms with van der Waals surface area (Å²) < 4.78 is 5.16. The number of carbonyl (C=O) groups is 4. The highest BCUT2D eigenvalue weighted by molar-refractivity contribution is 8.14. The minimum Gasteiger partial charge on any atom is -0.448 e. The van der Waals surface area contributed by atoms with Crippen molar-refractivity contribution in [3.05, 3.63) is 36.0 Å². The number of nitrogens with zero attached hydrogens (tertiary/aromatic N) is 1. The third-order valence-electron chi connectivity index (χ3n) is 3.88. The second kappa shape index (κ2) is 7.61. The molecular weight excluding hydrogens is 358 g/mol. The number of para-hydroxylation sites is 1. The molecule has 1 aromatic carbocycles. The van der Waals surface area contributed by atoms with Crippen LogP contribution in [-0.4, -0.2) is 57.9 Å². The number of ether oxygens (including phenoxy) is 1. The largest absolute Gasteiger partial charge is 0.448 e. The Balaban J connectivity index is 1.49. The zero-order valence-corrected chi connectivity index (χ0v) is 14.8. The van der Waals surface area contributed by atoms with Gasteiger partial charge in [-0.3, -0.25) is 19.3 Å². The molecule has 2 heterocycles. The number of aromatic amines is 1. The van der Waals surface area contributed by atoms with Crippen LogP contribution in [-0.2, 0) is 14.3 Å². The topological polar surface area (TPSA) is 109 Å². The molecule has 8 nitrogen and oxygen atoms in total. The Labute approximate surface area is 153 Å². The number of imide groups is 1. The van der Waals surface area contributed by atoms with Gasteiger partial charge in [0.15, 0.2) is 6.10 Å². The van der Waals surface area contributed by atoms with Crippen LogP contribution < -0.4 is 5.32 Å². The second-order valence-electron chi connectivity index (χ2n) is 5.71. The zero-order chi connectivity index (χ0) is 18.7. The van der Waals surface area contributed by atoms with E-state index in [9.17, 15) is 19.2 Å². The molecule has 9 heteroatoms. The van der Waals surface area contributed by atoms with Gasteiger partial charge in [-0.15, -0.1) is 0 Å². The lowest BCUT2D eigenvalue weighted by Crippen LogP contribution is -2.41. The fraction of sp³-hybridized carbons (Fsp3) is 0.294. The molecule has 1 aliphatic heterocycles. The van der Waals surface area contributed by atoms with Gasteiger partial charge in [0.05, 0.1) is 5.75 Å². The molecular formula is C17H17N3O5S. The van der Waals surface area contributed by atoms with Crippen molar-refractivity contribution in [3.8, 4) is 0 Å². The number of hydrogen-bond donors (Lipinski definition) is 2. The normalized spacial score (nSPS) is 15.3. The number of H-pyrrole nitrogens is 1. The number of hydrogen-bond acceptors (Lipinski definition) is 6. The highest BCUT2D eigenvalue weighted by Gasteiger charge is 2.29. The Morgan fingerprint density at radius 1 is 1.35 bits per heavy atom. The summed E-state index contributed by atoms with van der Waals surface area (Å²) in [7, 11) is 0. The molecule has 26 heavy (non-hydrogen) atoms. The first-order valence-electron chi connectivity index (χ1n) is 7.99. The zero-order valence-electron chi connectivity index (χ0n) is 14.0. The van der Waals surface area contributed by atoms with Crippen molar-refractivity contribution in [1.29, 1.82) is 0 Å². The van der Waals surface area contributed by atoms with Gasteiger partial charge >= 0.3 is 5.97 Å². The number of esters is 1. The van der Waals surface area contributed by atoms with Gasteiger partial charge in [-0.05, 0) is 19.1 Å². The molecule has 0 saturated carbocycles. The van der Waals surface area contributed by atoms with Crippen LogP contribution in [0.5, 0.6) is 0 Å². The van der Waals surface area contributed by atoms with Crippen molar-refractivity contribution < 1.29 is 23.9 Å². The lowest BCUT2D eigenvalue weighted by atomic mass is 10.2. The number of fused-ring (bicyclic) bond motifs is 1. The fourth-order valence-electron chi connectivity index (χ4n) is 2.49. The monoisotopic (exact) mass is 375 g/mol. The van der Waals surface area contributed by atoms with Gasteiger partial charge in [-0.2, -0.15) is 0 Å². The Bertz CT molecular complexity index is 829. The third-order valence-corrected chi connectivity index (χ3v) is 4.74. The van der Waals surface area contributed by atoms with Crippen LogP contribution in [0, 0.1) is 0 Å². The maximum Gasteiger partial charge on any atom is 0.355 e. The molecule has 0 radical (unpaired) electrons. The minimum absolute atomic E-state index is 0.0963. The molecule has 136 valence electrons. The number of nitrogens with one attached hydrogen (secondary N) is 2. The van der Waals surface area contributed by atoms with Crippen LogP contribution in [0.3, 0.4) is 0 Å².